The van der Waals surface area contributed by atoms with Crippen LogP contribution in [-0.2, 0) is 0 Å². The van der Waals surface area contributed by atoms with Gasteiger partial charge in [-0.2, -0.15) is 18.2 Å². The molecule has 0 atom stereocenters. The molecule has 0 amide bonds. The van der Waals surface area contributed by atoms with E-state index in [1.165, 1.54) is 0 Å². The summed E-state index contributed by atoms with van der Waals surface area (Å²) in [6.45, 7) is 0. The molecule has 0 aliphatic carbocycles. The van der Waals surface area contributed by atoms with Gasteiger partial charge in [0, 0.05) is 0 Å². The molecule has 0 aromatic carbocycles. The first-order valence-electron chi connectivity index (χ1n) is 2.92. The number of hydrogen-bond donors (Lipinski definition) is 2. The van der Waals surface area contributed by atoms with Crippen LogP contribution in [0.15, 0.2) is 10.7 Å². The van der Waals surface area contributed by atoms with Crippen LogP contribution in [0.4, 0.5) is 19.2 Å². The van der Waals surface area contributed by atoms with Gasteiger partial charge in [-0.3, -0.25) is 5.32 Å². The van der Waals surface area contributed by atoms with Gasteiger partial charge < -0.3 is 9.52 Å². The van der Waals surface area contributed by atoms with Crippen LogP contribution in [0.2, 0.25) is 0 Å². The third-order valence-corrected chi connectivity index (χ3v) is 0.972. The lowest BCUT2D eigenvalue weighted by molar-refractivity contribution is -0.102. The van der Waals surface area contributed by atoms with E-state index in [-0.39, 0.29) is 0 Å². The van der Waals surface area contributed by atoms with Gasteiger partial charge in [-0.15, -0.1) is 0 Å². The first kappa shape index (κ1) is 9.36. The van der Waals surface area contributed by atoms with Gasteiger partial charge in [-0.05, 0) is 0 Å². The Hall–Kier alpha value is -1.73. The highest BCUT2D eigenvalue weighted by Gasteiger charge is 2.29. The standard InChI is InChI=1S/C5H3F3N2O3/c6-5(7,8)10-4-9-2(1-13-4)3(11)12/h1H,(H,9,10)(H,11,12). The normalized spacial score (nSPS) is 11.3. The summed E-state index contributed by atoms with van der Waals surface area (Å²) >= 11 is 0. The highest BCUT2D eigenvalue weighted by molar-refractivity contribution is 5.85. The zero-order chi connectivity index (χ0) is 10.1. The van der Waals surface area contributed by atoms with Crippen molar-refractivity contribution in [2.45, 2.75) is 6.30 Å². The van der Waals surface area contributed by atoms with Gasteiger partial charge in [0.2, 0.25) is 0 Å². The summed E-state index contributed by atoms with van der Waals surface area (Å²) in [6, 6.07) is -0.898. The molecule has 13 heavy (non-hydrogen) atoms. The summed E-state index contributed by atoms with van der Waals surface area (Å²) in [5, 5.41) is 9.18. The Bertz CT molecular complexity index is 319. The molecule has 0 fully saturated rings. The molecule has 72 valence electrons. The Balaban J connectivity index is 2.75. The fourth-order valence-electron chi connectivity index (χ4n) is 0.551. The highest BCUT2D eigenvalue weighted by Crippen LogP contribution is 2.18. The Morgan fingerprint density at radius 1 is 1.62 bits per heavy atom. The van der Waals surface area contributed by atoms with E-state index in [2.05, 4.69) is 9.40 Å². The Kier molecular flexibility index (Phi) is 2.13. The molecule has 1 rings (SSSR count). The molecule has 0 saturated heterocycles. The van der Waals surface area contributed by atoms with Crippen LogP contribution in [0.5, 0.6) is 0 Å². The second-order valence-corrected chi connectivity index (χ2v) is 1.97. The molecule has 0 radical (unpaired) electrons. The number of nitrogens with one attached hydrogen (secondary N) is 1. The van der Waals surface area contributed by atoms with Gasteiger partial charge in [-0.1, -0.05) is 0 Å². The minimum absolute atomic E-state index is 0.591. The van der Waals surface area contributed by atoms with E-state index in [4.69, 9.17) is 5.11 Å². The summed E-state index contributed by atoms with van der Waals surface area (Å²) in [6.07, 6.45) is -4.09. The molecule has 0 unspecified atom stereocenters. The van der Waals surface area contributed by atoms with Crippen molar-refractivity contribution in [2.75, 3.05) is 5.32 Å². The van der Waals surface area contributed by atoms with Crippen molar-refractivity contribution in [1.29, 1.82) is 0 Å². The Morgan fingerprint density at radius 3 is 2.62 bits per heavy atom. The molecule has 1 heterocycles. The summed E-state index contributed by atoms with van der Waals surface area (Å²) in [7, 11) is 0. The molecule has 0 spiro atoms. The SMILES string of the molecule is O=C(O)c1coc(NC(F)(F)F)n1. The van der Waals surface area contributed by atoms with E-state index in [1.54, 1.807) is 0 Å². The van der Waals surface area contributed by atoms with Crippen LogP contribution in [0.3, 0.4) is 0 Å². The first-order chi connectivity index (χ1) is 5.88. The fourth-order valence-corrected chi connectivity index (χ4v) is 0.551. The van der Waals surface area contributed by atoms with Gasteiger partial charge in [0.05, 0.1) is 0 Å². The lowest BCUT2D eigenvalue weighted by Gasteiger charge is -2.03. The predicted molar refractivity (Wildman–Crippen MR) is 33.1 cm³/mol. The van der Waals surface area contributed by atoms with E-state index < -0.39 is 24.0 Å². The maximum atomic E-state index is 11.6. The smallest absolute Gasteiger partial charge is 0.476 e. The fraction of sp³-hybridized carbons (Fsp3) is 0.200. The van der Waals surface area contributed by atoms with Crippen molar-refractivity contribution >= 4 is 12.0 Å². The number of alkyl halides is 3. The van der Waals surface area contributed by atoms with Gasteiger partial charge in [0.1, 0.15) is 6.26 Å². The zero-order valence-corrected chi connectivity index (χ0v) is 5.92. The molecule has 1 aromatic rings. The van der Waals surface area contributed by atoms with E-state index in [9.17, 15) is 18.0 Å². The van der Waals surface area contributed by atoms with Crippen molar-refractivity contribution in [3.8, 4) is 0 Å². The third kappa shape index (κ3) is 2.65. The third-order valence-electron chi connectivity index (χ3n) is 0.972. The number of hydrogen-bond acceptors (Lipinski definition) is 4. The van der Waals surface area contributed by atoms with E-state index in [0.29, 0.717) is 6.26 Å². The molecule has 8 heteroatoms. The lowest BCUT2D eigenvalue weighted by Crippen LogP contribution is -2.20. The molecule has 5 nitrogen and oxygen atoms in total. The van der Waals surface area contributed by atoms with Crippen LogP contribution in [0, 0.1) is 0 Å². The van der Waals surface area contributed by atoms with Crippen molar-refractivity contribution < 1.29 is 27.5 Å². The van der Waals surface area contributed by atoms with Crippen molar-refractivity contribution in [3.63, 3.8) is 0 Å². The Labute approximate surface area is 69.2 Å². The number of carbonyl (C=O) groups is 1. The summed E-state index contributed by atoms with van der Waals surface area (Å²) < 4.78 is 39.0. The van der Waals surface area contributed by atoms with Crippen LogP contribution in [0.1, 0.15) is 10.5 Å². The maximum Gasteiger partial charge on any atom is 0.485 e. The summed E-state index contributed by atoms with van der Waals surface area (Å²) in [5.74, 6) is -1.46. The second kappa shape index (κ2) is 2.96. The van der Waals surface area contributed by atoms with Gasteiger partial charge in [0.25, 0.3) is 0 Å². The number of aromatic nitrogens is 1. The number of carboxylic acid groups (broad SMARTS) is 1. The zero-order valence-electron chi connectivity index (χ0n) is 5.92. The van der Waals surface area contributed by atoms with Crippen molar-refractivity contribution in [3.05, 3.63) is 12.0 Å². The van der Waals surface area contributed by atoms with Crippen LogP contribution < -0.4 is 5.32 Å². The second-order valence-electron chi connectivity index (χ2n) is 1.97. The number of nitrogens with zero attached hydrogens (tertiary/aromatic N) is 1. The van der Waals surface area contributed by atoms with Crippen LogP contribution in [0.25, 0.3) is 0 Å². The molecule has 2 N–H and O–H groups in total. The van der Waals surface area contributed by atoms with Crippen molar-refractivity contribution in [1.82, 2.24) is 4.98 Å². The number of carboxylic acids is 1. The number of rotatable bonds is 2. The monoisotopic (exact) mass is 196 g/mol. The average molecular weight is 196 g/mol. The molecule has 1 aromatic heterocycles. The van der Waals surface area contributed by atoms with Crippen molar-refractivity contribution in [2.24, 2.45) is 0 Å². The minimum atomic E-state index is -4.69. The molecule has 0 bridgehead atoms. The average Bonchev–Trinajstić information content (AvgIpc) is 2.31. The predicted octanol–water partition coefficient (Wildman–Crippen LogP) is 1.30. The topological polar surface area (TPSA) is 75.4 Å². The molecule has 0 saturated carbocycles. The highest BCUT2D eigenvalue weighted by atomic mass is 19.4. The quantitative estimate of drug-likeness (QED) is 0.697. The lowest BCUT2D eigenvalue weighted by atomic mass is 10.5. The van der Waals surface area contributed by atoms with Gasteiger partial charge in [0.15, 0.2) is 5.69 Å². The summed E-state index contributed by atoms with van der Waals surface area (Å²) in [4.78, 5) is 13.1. The number of halogens is 3. The largest absolute Gasteiger partial charge is 0.485 e. The van der Waals surface area contributed by atoms with E-state index >= 15 is 0 Å². The molecule has 0 aliphatic heterocycles. The maximum absolute atomic E-state index is 11.6. The summed E-state index contributed by atoms with van der Waals surface area (Å²) in [5.41, 5.74) is -0.591. The molecular weight excluding hydrogens is 193 g/mol. The number of anilines is 1. The van der Waals surface area contributed by atoms with Crippen LogP contribution >= 0.6 is 0 Å². The van der Waals surface area contributed by atoms with Gasteiger partial charge >= 0.3 is 18.3 Å². The number of aromatic carboxylic acids is 1. The molecule has 0 aliphatic rings. The molecular formula is C5H3F3N2O3. The van der Waals surface area contributed by atoms with E-state index in [1.807, 2.05) is 0 Å². The first-order valence-corrected chi connectivity index (χ1v) is 2.92. The number of oxazole rings is 1. The van der Waals surface area contributed by atoms with E-state index in [0.717, 1.165) is 5.32 Å². The minimum Gasteiger partial charge on any atom is -0.476 e. The van der Waals surface area contributed by atoms with Gasteiger partial charge in [-0.25, -0.2) is 4.79 Å². The van der Waals surface area contributed by atoms with Crippen LogP contribution in [-0.4, -0.2) is 22.4 Å². The Morgan fingerprint density at radius 2 is 2.23 bits per heavy atom.